The molecule has 7 heteroatoms. The molecule has 0 aliphatic carbocycles. The fourth-order valence-corrected chi connectivity index (χ4v) is 4.38. The Morgan fingerprint density at radius 2 is 2.00 bits per heavy atom. The van der Waals surface area contributed by atoms with Gasteiger partial charge in [-0.3, -0.25) is 4.21 Å². The van der Waals surface area contributed by atoms with Gasteiger partial charge in [0, 0.05) is 29.3 Å². The lowest BCUT2D eigenvalue weighted by atomic mass is 9.99. The van der Waals surface area contributed by atoms with Crippen LogP contribution in [0.3, 0.4) is 0 Å². The van der Waals surface area contributed by atoms with Crippen molar-refractivity contribution in [2.24, 2.45) is 0 Å². The summed E-state index contributed by atoms with van der Waals surface area (Å²) in [5, 5.41) is 8.83. The largest absolute Gasteiger partial charge is 0.378 e. The summed E-state index contributed by atoms with van der Waals surface area (Å²) < 4.78 is 27.1. The van der Waals surface area contributed by atoms with Gasteiger partial charge in [-0.15, -0.1) is 0 Å². The molecule has 3 rings (SSSR count). The maximum Gasteiger partial charge on any atom is 0.127 e. The van der Waals surface area contributed by atoms with Crippen LogP contribution in [0.1, 0.15) is 56.5 Å². The van der Waals surface area contributed by atoms with E-state index in [1.807, 2.05) is 25.3 Å². The van der Waals surface area contributed by atoms with Crippen LogP contribution in [0, 0.1) is 5.82 Å². The Morgan fingerprint density at radius 1 is 1.26 bits per heavy atom. The van der Waals surface area contributed by atoms with Gasteiger partial charge in [-0.05, 0) is 67.8 Å². The lowest BCUT2D eigenvalue weighted by Gasteiger charge is -2.23. The molecule has 1 aromatic carbocycles. The van der Waals surface area contributed by atoms with Crippen molar-refractivity contribution in [3.05, 3.63) is 95.9 Å². The minimum absolute atomic E-state index is 0.0115. The van der Waals surface area contributed by atoms with Crippen molar-refractivity contribution in [2.45, 2.75) is 44.7 Å². The van der Waals surface area contributed by atoms with Crippen LogP contribution >= 0.6 is 0 Å². The molecule has 2 unspecified atom stereocenters. The maximum atomic E-state index is 13.4. The Balaban J connectivity index is 2.00. The van der Waals surface area contributed by atoms with E-state index >= 15 is 0 Å². The van der Waals surface area contributed by atoms with Crippen molar-refractivity contribution in [1.29, 1.82) is 0 Å². The first-order valence-electron chi connectivity index (χ1n) is 11.3. The van der Waals surface area contributed by atoms with Gasteiger partial charge in [-0.25, -0.2) is 14.1 Å². The van der Waals surface area contributed by atoms with Crippen molar-refractivity contribution in [2.75, 3.05) is 6.26 Å². The van der Waals surface area contributed by atoms with Crippen LogP contribution in [0.15, 0.2) is 78.2 Å². The second-order valence-corrected chi connectivity index (χ2v) is 9.08. The Kier molecular flexibility index (Phi) is 8.71. The zero-order valence-corrected chi connectivity index (χ0v) is 20.9. The van der Waals surface area contributed by atoms with Gasteiger partial charge in [0.1, 0.15) is 10.8 Å². The number of pyridine rings is 1. The van der Waals surface area contributed by atoms with E-state index in [1.54, 1.807) is 35.3 Å². The van der Waals surface area contributed by atoms with E-state index in [9.17, 15) is 8.60 Å². The highest BCUT2D eigenvalue weighted by Crippen LogP contribution is 2.30. The van der Waals surface area contributed by atoms with E-state index in [2.05, 4.69) is 48.0 Å². The second-order valence-electron chi connectivity index (χ2n) is 7.75. The molecular formula is C27H31FN4OS. The Hall–Kier alpha value is -3.32. The van der Waals surface area contributed by atoms with Crippen molar-refractivity contribution < 1.29 is 8.60 Å². The number of rotatable bonds is 10. The molecule has 3 aromatic rings. The molecule has 0 bridgehead atoms. The van der Waals surface area contributed by atoms with Crippen LogP contribution in [0.25, 0.3) is 17.3 Å². The van der Waals surface area contributed by atoms with E-state index in [1.165, 1.54) is 12.1 Å². The average Bonchev–Trinajstić information content (AvgIpc) is 3.27. The normalized spacial score (nSPS) is 14.0. The highest BCUT2D eigenvalue weighted by atomic mass is 32.2. The Labute approximate surface area is 203 Å². The lowest BCUT2D eigenvalue weighted by Crippen LogP contribution is -2.21. The summed E-state index contributed by atoms with van der Waals surface area (Å²) in [4.78, 5) is 4.23. The van der Waals surface area contributed by atoms with Gasteiger partial charge in [-0.2, -0.15) is 5.10 Å². The Morgan fingerprint density at radius 3 is 2.59 bits per heavy atom. The van der Waals surface area contributed by atoms with Crippen LogP contribution in [0.5, 0.6) is 0 Å². The number of hydrogen-bond donors (Lipinski definition) is 1. The third kappa shape index (κ3) is 5.59. The number of halogens is 1. The summed E-state index contributed by atoms with van der Waals surface area (Å²) in [6.45, 7) is 10.2. The summed E-state index contributed by atoms with van der Waals surface area (Å²) in [6.07, 6.45) is 12.8. The SMILES string of the molecule is C=Cc1c(C(=C\C)/C(=C\CC)NC(CC)c2ccnc(S(C)=O)c2)cnn1-c1ccc(F)cc1. The molecule has 0 aliphatic rings. The number of nitrogens with one attached hydrogen (secondary N) is 1. The second kappa shape index (κ2) is 11.7. The third-order valence-electron chi connectivity index (χ3n) is 5.54. The van der Waals surface area contributed by atoms with Gasteiger partial charge in [-0.1, -0.05) is 32.6 Å². The quantitative estimate of drug-likeness (QED) is 0.351. The monoisotopic (exact) mass is 478 g/mol. The molecule has 0 spiro atoms. The average molecular weight is 479 g/mol. The summed E-state index contributed by atoms with van der Waals surface area (Å²) in [5.74, 6) is -0.292. The van der Waals surface area contributed by atoms with Gasteiger partial charge >= 0.3 is 0 Å². The zero-order chi connectivity index (χ0) is 24.7. The van der Waals surface area contributed by atoms with Crippen LogP contribution in [0.4, 0.5) is 4.39 Å². The lowest BCUT2D eigenvalue weighted by molar-refractivity contribution is 0.585. The molecule has 0 aliphatic heterocycles. The van der Waals surface area contributed by atoms with Gasteiger partial charge in [0.15, 0.2) is 0 Å². The molecule has 178 valence electrons. The molecule has 0 saturated carbocycles. The van der Waals surface area contributed by atoms with Crippen molar-refractivity contribution in [3.8, 4) is 5.69 Å². The summed E-state index contributed by atoms with van der Waals surface area (Å²) in [7, 11) is -1.15. The van der Waals surface area contributed by atoms with Gasteiger partial charge in [0.25, 0.3) is 0 Å². The molecule has 0 saturated heterocycles. The fraction of sp³-hybridized carbons (Fsp3) is 0.259. The number of nitrogens with zero attached hydrogens (tertiary/aromatic N) is 3. The van der Waals surface area contributed by atoms with Crippen LogP contribution in [-0.2, 0) is 10.8 Å². The molecule has 0 fully saturated rings. The predicted molar refractivity (Wildman–Crippen MR) is 138 cm³/mol. The minimum Gasteiger partial charge on any atom is -0.378 e. The van der Waals surface area contributed by atoms with Crippen molar-refractivity contribution >= 4 is 22.4 Å². The summed E-state index contributed by atoms with van der Waals surface area (Å²) in [5.41, 5.74) is 5.52. The van der Waals surface area contributed by atoms with E-state index in [0.29, 0.717) is 5.03 Å². The van der Waals surface area contributed by atoms with Crippen LogP contribution in [-0.4, -0.2) is 25.2 Å². The van der Waals surface area contributed by atoms with Crippen LogP contribution < -0.4 is 5.32 Å². The maximum absolute atomic E-state index is 13.4. The van der Waals surface area contributed by atoms with E-state index in [0.717, 1.165) is 46.6 Å². The first kappa shape index (κ1) is 25.3. The molecule has 34 heavy (non-hydrogen) atoms. The van der Waals surface area contributed by atoms with E-state index < -0.39 is 10.8 Å². The number of allylic oxidation sites excluding steroid dienone is 3. The molecule has 2 aromatic heterocycles. The van der Waals surface area contributed by atoms with Gasteiger partial charge in [0.2, 0.25) is 0 Å². The molecular weight excluding hydrogens is 447 g/mol. The topological polar surface area (TPSA) is 59.8 Å². The van der Waals surface area contributed by atoms with E-state index in [-0.39, 0.29) is 11.9 Å². The zero-order valence-electron chi connectivity index (χ0n) is 20.1. The number of hydrogen-bond acceptors (Lipinski definition) is 4. The highest BCUT2D eigenvalue weighted by Gasteiger charge is 2.19. The van der Waals surface area contributed by atoms with E-state index in [4.69, 9.17) is 0 Å². The minimum atomic E-state index is -1.15. The predicted octanol–water partition coefficient (Wildman–Crippen LogP) is 6.22. The molecule has 0 amide bonds. The van der Waals surface area contributed by atoms with Crippen molar-refractivity contribution in [1.82, 2.24) is 20.1 Å². The molecule has 5 nitrogen and oxygen atoms in total. The molecule has 1 N–H and O–H groups in total. The highest BCUT2D eigenvalue weighted by molar-refractivity contribution is 7.84. The van der Waals surface area contributed by atoms with Crippen LogP contribution in [0.2, 0.25) is 0 Å². The van der Waals surface area contributed by atoms with Crippen molar-refractivity contribution in [3.63, 3.8) is 0 Å². The molecule has 2 heterocycles. The number of aromatic nitrogens is 3. The fourth-order valence-electron chi connectivity index (χ4n) is 3.86. The van der Waals surface area contributed by atoms with Gasteiger partial charge in [0.05, 0.1) is 34.4 Å². The molecule has 0 radical (unpaired) electrons. The van der Waals surface area contributed by atoms with Gasteiger partial charge < -0.3 is 5.32 Å². The standard InChI is InChI=1S/C27H31FN4OS/c1-6-10-25(31-24(8-3)19-15-16-29-27(17-19)34(5)33)22(7-2)23-18-30-32(26(23)9-4)21-13-11-20(28)12-14-21/h7,9-18,24,31H,4,6,8H2,1-3,5H3/b22-7+,25-10+. The Bertz CT molecular complexity index is 1230. The summed E-state index contributed by atoms with van der Waals surface area (Å²) >= 11 is 0. The number of benzene rings is 1. The smallest absolute Gasteiger partial charge is 0.127 e. The first-order chi connectivity index (χ1) is 16.4. The molecule has 2 atom stereocenters. The third-order valence-corrected chi connectivity index (χ3v) is 6.35. The first-order valence-corrected chi connectivity index (χ1v) is 12.9. The summed E-state index contributed by atoms with van der Waals surface area (Å²) in [6, 6.07) is 10.1.